The van der Waals surface area contributed by atoms with Crippen molar-refractivity contribution >= 4 is 40.9 Å². The lowest BCUT2D eigenvalue weighted by atomic mass is 10.1. The maximum Gasteiger partial charge on any atom is 0.270 e. The Balaban J connectivity index is 1.78. The summed E-state index contributed by atoms with van der Waals surface area (Å²) in [5.74, 6) is -0.931. The number of hydrogen-bond donors (Lipinski definition) is 1. The van der Waals surface area contributed by atoms with Crippen molar-refractivity contribution in [2.45, 2.75) is 27.7 Å². The summed E-state index contributed by atoms with van der Waals surface area (Å²) in [6, 6.07) is 15.7. The molecule has 4 rings (SSSR count). The predicted octanol–water partition coefficient (Wildman–Crippen LogP) is 4.54. The highest BCUT2D eigenvalue weighted by molar-refractivity contribution is 7.80. The summed E-state index contributed by atoms with van der Waals surface area (Å²) >= 11 is 5.34. The zero-order valence-electron chi connectivity index (χ0n) is 17.9. The van der Waals surface area contributed by atoms with Gasteiger partial charge in [0.25, 0.3) is 11.8 Å². The molecule has 156 valence electrons. The van der Waals surface area contributed by atoms with Gasteiger partial charge in [0.2, 0.25) is 0 Å². The number of hydrogen-bond acceptors (Lipinski definition) is 3. The molecule has 1 aliphatic rings. The Labute approximate surface area is 187 Å². The van der Waals surface area contributed by atoms with Gasteiger partial charge in [-0.15, -0.1) is 0 Å². The van der Waals surface area contributed by atoms with E-state index in [1.807, 2.05) is 61.0 Å². The zero-order valence-corrected chi connectivity index (χ0v) is 18.7. The van der Waals surface area contributed by atoms with E-state index in [9.17, 15) is 9.59 Å². The maximum absolute atomic E-state index is 13.4. The third kappa shape index (κ3) is 3.82. The SMILES string of the molecule is Cc1ccc(C)c(N2C(=O)/C(=C/c3cccn3-c3ccc(C)c(C)c3)C(=O)NC2=S)c1. The number of rotatable bonds is 3. The highest BCUT2D eigenvalue weighted by atomic mass is 32.1. The van der Waals surface area contributed by atoms with Crippen molar-refractivity contribution in [2.24, 2.45) is 0 Å². The number of anilines is 1. The monoisotopic (exact) mass is 429 g/mol. The molecule has 2 heterocycles. The van der Waals surface area contributed by atoms with E-state index in [2.05, 4.69) is 31.3 Å². The summed E-state index contributed by atoms with van der Waals surface area (Å²) in [7, 11) is 0. The molecule has 3 aromatic rings. The van der Waals surface area contributed by atoms with E-state index in [4.69, 9.17) is 12.2 Å². The molecule has 0 atom stereocenters. The van der Waals surface area contributed by atoms with Crippen LogP contribution in [0.5, 0.6) is 0 Å². The van der Waals surface area contributed by atoms with Gasteiger partial charge in [-0.05, 0) is 98.6 Å². The van der Waals surface area contributed by atoms with E-state index < -0.39 is 11.8 Å². The highest BCUT2D eigenvalue weighted by Crippen LogP contribution is 2.27. The first-order chi connectivity index (χ1) is 14.8. The number of carbonyl (C=O) groups is 2. The minimum Gasteiger partial charge on any atom is -0.317 e. The minimum absolute atomic E-state index is 0.0401. The molecule has 5 nitrogen and oxygen atoms in total. The fourth-order valence-electron chi connectivity index (χ4n) is 3.61. The number of aromatic nitrogens is 1. The maximum atomic E-state index is 13.4. The Morgan fingerprint density at radius 3 is 2.39 bits per heavy atom. The van der Waals surface area contributed by atoms with Crippen molar-refractivity contribution in [2.75, 3.05) is 4.90 Å². The molecule has 1 aromatic heterocycles. The minimum atomic E-state index is -0.496. The van der Waals surface area contributed by atoms with E-state index in [0.717, 1.165) is 22.5 Å². The average molecular weight is 430 g/mol. The Hall–Kier alpha value is -3.51. The van der Waals surface area contributed by atoms with Crippen LogP contribution in [0.1, 0.15) is 27.9 Å². The van der Waals surface area contributed by atoms with Crippen molar-refractivity contribution in [1.29, 1.82) is 0 Å². The van der Waals surface area contributed by atoms with Crippen LogP contribution >= 0.6 is 12.2 Å². The summed E-state index contributed by atoms with van der Waals surface area (Å²) < 4.78 is 1.95. The fourth-order valence-corrected chi connectivity index (χ4v) is 3.88. The third-order valence-corrected chi connectivity index (χ3v) is 5.83. The molecule has 0 saturated carbocycles. The summed E-state index contributed by atoms with van der Waals surface area (Å²) in [4.78, 5) is 27.5. The van der Waals surface area contributed by atoms with Gasteiger partial charge in [-0.3, -0.25) is 19.8 Å². The first-order valence-corrected chi connectivity index (χ1v) is 10.4. The Morgan fingerprint density at radius 1 is 0.903 bits per heavy atom. The number of amides is 2. The lowest BCUT2D eigenvalue weighted by molar-refractivity contribution is -0.122. The molecule has 0 spiro atoms. The van der Waals surface area contributed by atoms with E-state index >= 15 is 0 Å². The zero-order chi connectivity index (χ0) is 22.3. The molecule has 31 heavy (non-hydrogen) atoms. The quantitative estimate of drug-likeness (QED) is 0.378. The first kappa shape index (κ1) is 20.8. The van der Waals surface area contributed by atoms with Crippen molar-refractivity contribution in [3.05, 3.63) is 88.2 Å². The molecule has 1 aliphatic heterocycles. The number of nitrogens with zero attached hydrogens (tertiary/aromatic N) is 2. The number of thiocarbonyl (C=S) groups is 1. The largest absolute Gasteiger partial charge is 0.317 e. The van der Waals surface area contributed by atoms with Gasteiger partial charge in [-0.2, -0.15) is 0 Å². The molecule has 1 N–H and O–H groups in total. The van der Waals surface area contributed by atoms with Crippen molar-refractivity contribution < 1.29 is 9.59 Å². The van der Waals surface area contributed by atoms with Gasteiger partial charge < -0.3 is 4.57 Å². The average Bonchev–Trinajstić information content (AvgIpc) is 3.18. The van der Waals surface area contributed by atoms with Crippen LogP contribution in [0.4, 0.5) is 5.69 Å². The van der Waals surface area contributed by atoms with Crippen LogP contribution in [0.15, 0.2) is 60.3 Å². The summed E-state index contributed by atoms with van der Waals surface area (Å²) in [5, 5.41) is 2.75. The van der Waals surface area contributed by atoms with Crippen LogP contribution < -0.4 is 10.2 Å². The molecule has 0 bridgehead atoms. The topological polar surface area (TPSA) is 54.3 Å². The van der Waals surface area contributed by atoms with Gasteiger partial charge in [-0.25, -0.2) is 0 Å². The smallest absolute Gasteiger partial charge is 0.270 e. The van der Waals surface area contributed by atoms with Gasteiger partial charge in [0.05, 0.1) is 5.69 Å². The molecule has 0 radical (unpaired) electrons. The Kier molecular flexibility index (Phi) is 5.33. The Bertz CT molecular complexity index is 1270. The Morgan fingerprint density at radius 2 is 1.65 bits per heavy atom. The summed E-state index contributed by atoms with van der Waals surface area (Å²) in [6.07, 6.45) is 3.53. The molecule has 0 unspecified atom stereocenters. The van der Waals surface area contributed by atoms with Gasteiger partial charge in [0, 0.05) is 17.6 Å². The predicted molar refractivity (Wildman–Crippen MR) is 127 cm³/mol. The summed E-state index contributed by atoms with van der Waals surface area (Å²) in [5.41, 5.74) is 6.68. The lowest BCUT2D eigenvalue weighted by Gasteiger charge is -2.30. The molecular formula is C25H23N3O2S. The van der Waals surface area contributed by atoms with Crippen LogP contribution in [0, 0.1) is 27.7 Å². The van der Waals surface area contributed by atoms with Crippen molar-refractivity contribution in [3.8, 4) is 5.69 Å². The first-order valence-electron chi connectivity index (χ1n) is 10.00. The molecule has 1 fully saturated rings. The van der Waals surface area contributed by atoms with Crippen LogP contribution in [0.2, 0.25) is 0 Å². The van der Waals surface area contributed by atoms with Gasteiger partial charge in [0.15, 0.2) is 5.11 Å². The number of nitrogens with one attached hydrogen (secondary N) is 1. The second-order valence-electron chi connectivity index (χ2n) is 7.82. The third-order valence-electron chi connectivity index (χ3n) is 5.55. The standard InChI is InChI=1S/C25H23N3O2S/c1-15-7-8-17(3)22(12-15)28-24(30)21(23(29)26-25(28)31)14-19-6-5-11-27(19)20-10-9-16(2)18(4)13-20/h5-14H,1-4H3,(H,26,29,31)/b21-14+. The van der Waals surface area contributed by atoms with Gasteiger partial charge in [0.1, 0.15) is 5.57 Å². The second-order valence-corrected chi connectivity index (χ2v) is 8.21. The second kappa shape index (κ2) is 7.96. The van der Waals surface area contributed by atoms with E-state index in [0.29, 0.717) is 5.69 Å². The normalized spacial score (nSPS) is 15.5. The van der Waals surface area contributed by atoms with Crippen molar-refractivity contribution in [1.82, 2.24) is 9.88 Å². The fraction of sp³-hybridized carbons (Fsp3) is 0.160. The van der Waals surface area contributed by atoms with Crippen LogP contribution in [0.25, 0.3) is 11.8 Å². The van der Waals surface area contributed by atoms with Crippen LogP contribution in [-0.4, -0.2) is 21.5 Å². The van der Waals surface area contributed by atoms with E-state index in [1.54, 1.807) is 6.08 Å². The molecule has 6 heteroatoms. The molecular weight excluding hydrogens is 406 g/mol. The molecule has 0 aliphatic carbocycles. The summed E-state index contributed by atoms with van der Waals surface area (Å²) in [6.45, 7) is 7.98. The number of aryl methyl sites for hydroxylation is 4. The van der Waals surface area contributed by atoms with E-state index in [1.165, 1.54) is 16.0 Å². The van der Waals surface area contributed by atoms with Crippen molar-refractivity contribution in [3.63, 3.8) is 0 Å². The van der Waals surface area contributed by atoms with Crippen LogP contribution in [0.3, 0.4) is 0 Å². The molecule has 2 aromatic carbocycles. The number of benzene rings is 2. The van der Waals surface area contributed by atoms with Gasteiger partial charge in [-0.1, -0.05) is 18.2 Å². The molecule has 2 amide bonds. The van der Waals surface area contributed by atoms with Crippen LogP contribution in [-0.2, 0) is 9.59 Å². The van der Waals surface area contributed by atoms with Gasteiger partial charge >= 0.3 is 0 Å². The van der Waals surface area contributed by atoms with E-state index in [-0.39, 0.29) is 10.7 Å². The number of carbonyl (C=O) groups excluding carboxylic acids is 2. The highest BCUT2D eigenvalue weighted by Gasteiger charge is 2.35. The lowest BCUT2D eigenvalue weighted by Crippen LogP contribution is -2.54. The molecule has 1 saturated heterocycles.